The van der Waals surface area contributed by atoms with Gasteiger partial charge in [0, 0.05) is 5.69 Å². The summed E-state index contributed by atoms with van der Waals surface area (Å²) in [4.78, 5) is 24.6. The van der Waals surface area contributed by atoms with Crippen molar-refractivity contribution < 1.29 is 19.1 Å². The van der Waals surface area contributed by atoms with Crippen molar-refractivity contribution in [3.05, 3.63) is 59.7 Å². The normalized spacial score (nSPS) is 11.9. The maximum atomic E-state index is 12.7. The van der Waals surface area contributed by atoms with E-state index in [1.807, 2.05) is 24.3 Å². The molecule has 1 amide bonds. The molecule has 0 unspecified atom stereocenters. The van der Waals surface area contributed by atoms with Gasteiger partial charge in [-0.05, 0) is 75.1 Å². The van der Waals surface area contributed by atoms with Crippen LogP contribution in [0.15, 0.2) is 48.5 Å². The second-order valence-electron chi connectivity index (χ2n) is 8.87. The molecule has 2 rings (SSSR count). The third-order valence-corrected chi connectivity index (χ3v) is 4.36. The van der Waals surface area contributed by atoms with Crippen LogP contribution >= 0.6 is 0 Å². The molecule has 0 heterocycles. The lowest BCUT2D eigenvalue weighted by Crippen LogP contribution is -2.42. The predicted octanol–water partition coefficient (Wildman–Crippen LogP) is 5.35. The number of benzene rings is 2. The zero-order chi connectivity index (χ0) is 21.8. The van der Waals surface area contributed by atoms with Crippen molar-refractivity contribution in [2.24, 2.45) is 0 Å². The molecule has 5 nitrogen and oxygen atoms in total. The molecule has 0 spiro atoms. The fraction of sp³-hybridized carbons (Fsp3) is 0.417. The largest absolute Gasteiger partial charge is 0.478 e. The molecule has 0 aliphatic heterocycles. The monoisotopic (exact) mass is 397 g/mol. The van der Waals surface area contributed by atoms with E-state index in [1.165, 1.54) is 5.56 Å². The first-order chi connectivity index (χ1) is 13.4. The van der Waals surface area contributed by atoms with E-state index in [-0.39, 0.29) is 23.4 Å². The number of hydrogen-bond donors (Lipinski definition) is 1. The minimum Gasteiger partial charge on any atom is -0.478 e. The molecule has 0 aliphatic carbocycles. The van der Waals surface area contributed by atoms with E-state index in [2.05, 4.69) is 26.1 Å². The van der Waals surface area contributed by atoms with Crippen LogP contribution in [0, 0.1) is 0 Å². The van der Waals surface area contributed by atoms with Crippen LogP contribution in [0.3, 0.4) is 0 Å². The first-order valence-corrected chi connectivity index (χ1v) is 9.80. The van der Waals surface area contributed by atoms with Gasteiger partial charge in [0.25, 0.3) is 5.91 Å². The second-order valence-corrected chi connectivity index (χ2v) is 8.87. The predicted molar refractivity (Wildman–Crippen MR) is 115 cm³/mol. The molecule has 0 bridgehead atoms. The van der Waals surface area contributed by atoms with E-state index >= 15 is 0 Å². The average Bonchev–Trinajstić information content (AvgIpc) is 2.61. The summed E-state index contributed by atoms with van der Waals surface area (Å²) in [6.07, 6.45) is -0.183. The van der Waals surface area contributed by atoms with Crippen molar-refractivity contribution in [1.82, 2.24) is 0 Å². The highest BCUT2D eigenvalue weighted by Gasteiger charge is 2.30. The molecule has 5 heteroatoms. The van der Waals surface area contributed by atoms with Gasteiger partial charge in [0.15, 0.2) is 5.60 Å². The summed E-state index contributed by atoms with van der Waals surface area (Å²) in [5.41, 5.74) is 1.20. The zero-order valence-corrected chi connectivity index (χ0v) is 18.3. The molecule has 2 aromatic rings. The molecular weight excluding hydrogens is 366 g/mol. The molecule has 0 fully saturated rings. The Morgan fingerprint density at radius 1 is 0.862 bits per heavy atom. The number of amides is 1. The molecule has 2 aromatic carbocycles. The summed E-state index contributed by atoms with van der Waals surface area (Å²) in [7, 11) is 0. The molecule has 29 heavy (non-hydrogen) atoms. The number of anilines is 1. The summed E-state index contributed by atoms with van der Waals surface area (Å²) >= 11 is 0. The van der Waals surface area contributed by atoms with Crippen LogP contribution in [0.5, 0.6) is 5.75 Å². The smallest absolute Gasteiger partial charge is 0.338 e. The highest BCUT2D eigenvalue weighted by Crippen LogP contribution is 2.26. The fourth-order valence-electron chi connectivity index (χ4n) is 2.62. The van der Waals surface area contributed by atoms with Gasteiger partial charge in [-0.1, -0.05) is 32.9 Å². The summed E-state index contributed by atoms with van der Waals surface area (Å²) in [6, 6.07) is 14.4. The van der Waals surface area contributed by atoms with Gasteiger partial charge in [0.1, 0.15) is 5.75 Å². The van der Waals surface area contributed by atoms with Gasteiger partial charge in [-0.2, -0.15) is 0 Å². The van der Waals surface area contributed by atoms with Crippen molar-refractivity contribution in [3.63, 3.8) is 0 Å². The Morgan fingerprint density at radius 3 is 1.90 bits per heavy atom. The highest BCUT2D eigenvalue weighted by atomic mass is 16.5. The Morgan fingerprint density at radius 2 is 1.41 bits per heavy atom. The van der Waals surface area contributed by atoms with E-state index in [9.17, 15) is 9.59 Å². The van der Waals surface area contributed by atoms with Crippen LogP contribution in [-0.4, -0.2) is 23.6 Å². The van der Waals surface area contributed by atoms with E-state index < -0.39 is 5.60 Å². The second kappa shape index (κ2) is 8.68. The SMILES string of the molecule is CC(C)OC(=O)c1ccc(NC(=O)C(C)(C)Oc2ccc(C(C)(C)C)cc2)cc1. The third kappa shape index (κ3) is 6.34. The molecule has 1 N–H and O–H groups in total. The molecule has 0 radical (unpaired) electrons. The number of ether oxygens (including phenoxy) is 2. The van der Waals surface area contributed by atoms with Crippen LogP contribution < -0.4 is 10.1 Å². The number of rotatable bonds is 6. The molecule has 0 aromatic heterocycles. The Kier molecular flexibility index (Phi) is 6.73. The Bertz CT molecular complexity index is 844. The summed E-state index contributed by atoms with van der Waals surface area (Å²) in [5, 5.41) is 2.83. The average molecular weight is 398 g/mol. The van der Waals surface area contributed by atoms with Gasteiger partial charge in [0.05, 0.1) is 11.7 Å². The van der Waals surface area contributed by atoms with Crippen molar-refractivity contribution in [3.8, 4) is 5.75 Å². The highest BCUT2D eigenvalue weighted by molar-refractivity contribution is 5.97. The summed E-state index contributed by atoms with van der Waals surface area (Å²) in [5.74, 6) is -0.0416. The molecule has 0 atom stereocenters. The standard InChI is InChI=1S/C24H31NO4/c1-16(2)28-21(26)17-8-12-19(13-9-17)25-22(27)24(6,7)29-20-14-10-18(11-15-20)23(3,4)5/h8-16H,1-7H3,(H,25,27). The van der Waals surface area contributed by atoms with Gasteiger partial charge in [-0.25, -0.2) is 4.79 Å². The van der Waals surface area contributed by atoms with Crippen molar-refractivity contribution >= 4 is 17.6 Å². The van der Waals surface area contributed by atoms with Crippen molar-refractivity contribution in [2.45, 2.75) is 65.6 Å². The maximum Gasteiger partial charge on any atom is 0.338 e. The van der Waals surface area contributed by atoms with E-state index in [0.29, 0.717) is 17.0 Å². The fourth-order valence-corrected chi connectivity index (χ4v) is 2.62. The lowest BCUT2D eigenvalue weighted by atomic mass is 9.87. The van der Waals surface area contributed by atoms with Gasteiger partial charge < -0.3 is 14.8 Å². The van der Waals surface area contributed by atoms with Crippen LogP contribution in [0.2, 0.25) is 0 Å². The lowest BCUT2D eigenvalue weighted by molar-refractivity contribution is -0.128. The first kappa shape index (κ1) is 22.5. The van der Waals surface area contributed by atoms with Crippen molar-refractivity contribution in [2.75, 3.05) is 5.32 Å². The Balaban J connectivity index is 2.02. The van der Waals surface area contributed by atoms with Crippen LogP contribution in [0.25, 0.3) is 0 Å². The minimum absolute atomic E-state index is 0.0547. The van der Waals surface area contributed by atoms with Crippen LogP contribution in [0.1, 0.15) is 64.4 Å². The van der Waals surface area contributed by atoms with E-state index in [4.69, 9.17) is 9.47 Å². The first-order valence-electron chi connectivity index (χ1n) is 9.80. The summed E-state index contributed by atoms with van der Waals surface area (Å²) < 4.78 is 11.1. The van der Waals surface area contributed by atoms with E-state index in [0.717, 1.165) is 0 Å². The summed E-state index contributed by atoms with van der Waals surface area (Å²) in [6.45, 7) is 13.5. The van der Waals surface area contributed by atoms with Gasteiger partial charge in [-0.3, -0.25) is 4.79 Å². The Hall–Kier alpha value is -2.82. The van der Waals surface area contributed by atoms with Gasteiger partial charge >= 0.3 is 5.97 Å². The molecule has 0 aliphatic rings. The number of nitrogens with one attached hydrogen (secondary N) is 1. The number of carbonyl (C=O) groups excluding carboxylic acids is 2. The topological polar surface area (TPSA) is 64.6 Å². The molecule has 0 saturated heterocycles. The number of esters is 1. The molecule has 0 saturated carbocycles. The van der Waals surface area contributed by atoms with Gasteiger partial charge in [-0.15, -0.1) is 0 Å². The minimum atomic E-state index is -1.07. The maximum absolute atomic E-state index is 12.7. The van der Waals surface area contributed by atoms with Crippen LogP contribution in [0.4, 0.5) is 5.69 Å². The van der Waals surface area contributed by atoms with E-state index in [1.54, 1.807) is 52.0 Å². The number of hydrogen-bond acceptors (Lipinski definition) is 4. The van der Waals surface area contributed by atoms with Crippen LogP contribution in [-0.2, 0) is 14.9 Å². The number of carbonyl (C=O) groups is 2. The molecule has 156 valence electrons. The third-order valence-electron chi connectivity index (χ3n) is 4.36. The zero-order valence-electron chi connectivity index (χ0n) is 18.3. The molecular formula is C24H31NO4. The quantitative estimate of drug-likeness (QED) is 0.668. The lowest BCUT2D eigenvalue weighted by Gasteiger charge is -2.26. The Labute approximate surface area is 173 Å². The van der Waals surface area contributed by atoms with Gasteiger partial charge in [0.2, 0.25) is 0 Å². The van der Waals surface area contributed by atoms with Crippen molar-refractivity contribution in [1.29, 1.82) is 0 Å².